The molecule has 1 aliphatic rings. The first-order valence-electron chi connectivity index (χ1n) is 9.11. The minimum Gasteiger partial charge on any atom is -0.369 e. The van der Waals surface area contributed by atoms with Gasteiger partial charge in [0.15, 0.2) is 0 Å². The molecule has 0 amide bonds. The van der Waals surface area contributed by atoms with E-state index in [0.717, 1.165) is 44.8 Å². The normalized spacial score (nSPS) is 17.0. The van der Waals surface area contributed by atoms with E-state index in [9.17, 15) is 4.39 Å². The van der Waals surface area contributed by atoms with Crippen molar-refractivity contribution in [1.29, 1.82) is 0 Å². The summed E-state index contributed by atoms with van der Waals surface area (Å²) in [6, 6.07) is 7.48. The Morgan fingerprint density at radius 3 is 2.60 bits per heavy atom. The van der Waals surface area contributed by atoms with E-state index in [1.54, 1.807) is 23.5 Å². The summed E-state index contributed by atoms with van der Waals surface area (Å²) >= 11 is 1.77. The average molecular weight is 362 g/mol. The molecule has 0 bridgehead atoms. The van der Waals surface area contributed by atoms with Crippen LogP contribution in [0.25, 0.3) is 0 Å². The predicted molar refractivity (Wildman–Crippen MR) is 105 cm³/mol. The van der Waals surface area contributed by atoms with Gasteiger partial charge in [0.25, 0.3) is 0 Å². The summed E-state index contributed by atoms with van der Waals surface area (Å²) in [6.07, 6.45) is 0. The lowest BCUT2D eigenvalue weighted by Crippen LogP contribution is -2.46. The lowest BCUT2D eigenvalue weighted by Gasteiger charge is -2.37. The third kappa shape index (κ3) is 4.40. The number of hydrogen-bond acceptors (Lipinski definition) is 4. The number of piperazine rings is 1. The van der Waals surface area contributed by atoms with Crippen LogP contribution in [0.15, 0.2) is 29.6 Å². The Morgan fingerprint density at radius 2 is 1.96 bits per heavy atom. The average Bonchev–Trinajstić information content (AvgIpc) is 3.04. The van der Waals surface area contributed by atoms with Gasteiger partial charge in [0, 0.05) is 49.3 Å². The molecule has 1 atom stereocenters. The smallest absolute Gasteiger partial charge is 0.123 e. The molecule has 3 nitrogen and oxygen atoms in total. The third-order valence-electron chi connectivity index (χ3n) is 5.15. The summed E-state index contributed by atoms with van der Waals surface area (Å²) in [5, 5.41) is 5.70. The SMILES string of the molecule is CCN1CCN(c2ccc(F)cc2C(C)NCc2sccc2C)CC1. The highest BCUT2D eigenvalue weighted by atomic mass is 32.1. The largest absolute Gasteiger partial charge is 0.369 e. The number of hydrogen-bond donors (Lipinski definition) is 1. The lowest BCUT2D eigenvalue weighted by atomic mass is 10.0. The van der Waals surface area contributed by atoms with Crippen LogP contribution in [-0.4, -0.2) is 37.6 Å². The topological polar surface area (TPSA) is 18.5 Å². The molecular weight excluding hydrogens is 333 g/mol. The zero-order valence-electron chi connectivity index (χ0n) is 15.4. The summed E-state index contributed by atoms with van der Waals surface area (Å²) < 4.78 is 13.9. The van der Waals surface area contributed by atoms with Gasteiger partial charge in [-0.3, -0.25) is 0 Å². The number of likely N-dealkylation sites (N-methyl/N-ethyl adjacent to an activating group) is 1. The van der Waals surface area contributed by atoms with E-state index in [0.29, 0.717) is 0 Å². The zero-order chi connectivity index (χ0) is 17.8. The van der Waals surface area contributed by atoms with Crippen molar-refractivity contribution in [2.45, 2.75) is 33.4 Å². The Kier molecular flexibility index (Phi) is 6.10. The second-order valence-electron chi connectivity index (χ2n) is 6.75. The lowest BCUT2D eigenvalue weighted by molar-refractivity contribution is 0.271. The van der Waals surface area contributed by atoms with Crippen molar-refractivity contribution in [3.63, 3.8) is 0 Å². The molecule has 1 aliphatic heterocycles. The van der Waals surface area contributed by atoms with E-state index in [2.05, 4.69) is 47.3 Å². The van der Waals surface area contributed by atoms with Crippen molar-refractivity contribution in [3.05, 3.63) is 51.5 Å². The number of nitrogens with one attached hydrogen (secondary N) is 1. The Labute approximate surface area is 154 Å². The molecule has 25 heavy (non-hydrogen) atoms. The second kappa shape index (κ2) is 8.30. The van der Waals surface area contributed by atoms with Crippen LogP contribution in [-0.2, 0) is 6.54 Å². The molecule has 3 rings (SSSR count). The molecule has 1 saturated heterocycles. The quantitative estimate of drug-likeness (QED) is 0.832. The highest BCUT2D eigenvalue weighted by molar-refractivity contribution is 7.10. The number of halogens is 1. The van der Waals surface area contributed by atoms with Gasteiger partial charge < -0.3 is 15.1 Å². The van der Waals surface area contributed by atoms with Gasteiger partial charge in [0.05, 0.1) is 0 Å². The minimum absolute atomic E-state index is 0.108. The molecule has 1 N–H and O–H groups in total. The van der Waals surface area contributed by atoms with Crippen LogP contribution in [0, 0.1) is 12.7 Å². The molecule has 0 radical (unpaired) electrons. The van der Waals surface area contributed by atoms with Crippen LogP contribution in [0.2, 0.25) is 0 Å². The molecule has 136 valence electrons. The molecular formula is C20H28FN3S. The Morgan fingerprint density at radius 1 is 1.20 bits per heavy atom. The van der Waals surface area contributed by atoms with E-state index in [-0.39, 0.29) is 11.9 Å². The molecule has 2 aromatic rings. The van der Waals surface area contributed by atoms with Gasteiger partial charge in [-0.2, -0.15) is 0 Å². The number of rotatable bonds is 6. The first-order valence-corrected chi connectivity index (χ1v) is 9.99. The van der Waals surface area contributed by atoms with Gasteiger partial charge in [-0.25, -0.2) is 4.39 Å². The molecule has 0 aliphatic carbocycles. The van der Waals surface area contributed by atoms with Gasteiger partial charge >= 0.3 is 0 Å². The fraction of sp³-hybridized carbons (Fsp3) is 0.500. The molecule has 1 fully saturated rings. The Bertz CT molecular complexity index is 692. The molecule has 2 heterocycles. The van der Waals surface area contributed by atoms with Crippen LogP contribution < -0.4 is 10.2 Å². The van der Waals surface area contributed by atoms with Gasteiger partial charge in [-0.15, -0.1) is 11.3 Å². The summed E-state index contributed by atoms with van der Waals surface area (Å²) in [7, 11) is 0. The van der Waals surface area contributed by atoms with Crippen molar-refractivity contribution in [2.75, 3.05) is 37.6 Å². The standard InChI is InChI=1S/C20H28FN3S/c1-4-23-8-10-24(11-9-23)19-6-5-17(21)13-18(19)16(3)22-14-20-15(2)7-12-25-20/h5-7,12-13,16,22H,4,8-11,14H2,1-3H3. The fourth-order valence-corrected chi connectivity index (χ4v) is 4.26. The van der Waals surface area contributed by atoms with E-state index in [4.69, 9.17) is 0 Å². The van der Waals surface area contributed by atoms with Gasteiger partial charge in [0.2, 0.25) is 0 Å². The maximum absolute atomic E-state index is 13.9. The first kappa shape index (κ1) is 18.4. The van der Waals surface area contributed by atoms with Crippen molar-refractivity contribution in [1.82, 2.24) is 10.2 Å². The van der Waals surface area contributed by atoms with Gasteiger partial charge in [-0.1, -0.05) is 6.92 Å². The number of benzene rings is 1. The summed E-state index contributed by atoms with van der Waals surface area (Å²) in [4.78, 5) is 6.21. The van der Waals surface area contributed by atoms with Crippen molar-refractivity contribution in [3.8, 4) is 0 Å². The van der Waals surface area contributed by atoms with Crippen LogP contribution in [0.1, 0.15) is 35.9 Å². The second-order valence-corrected chi connectivity index (χ2v) is 7.75. The van der Waals surface area contributed by atoms with Crippen LogP contribution in [0.5, 0.6) is 0 Å². The first-order chi connectivity index (χ1) is 12.1. The van der Waals surface area contributed by atoms with Gasteiger partial charge in [-0.05, 0) is 61.2 Å². The van der Waals surface area contributed by atoms with Crippen LogP contribution in [0.3, 0.4) is 0 Å². The maximum atomic E-state index is 13.9. The molecule has 0 spiro atoms. The molecule has 1 unspecified atom stereocenters. The van der Waals surface area contributed by atoms with E-state index in [1.807, 2.05) is 6.07 Å². The summed E-state index contributed by atoms with van der Waals surface area (Å²) in [5.74, 6) is -0.160. The van der Waals surface area contributed by atoms with Crippen molar-refractivity contribution in [2.24, 2.45) is 0 Å². The molecule has 0 saturated carbocycles. The number of anilines is 1. The van der Waals surface area contributed by atoms with Crippen LogP contribution in [0.4, 0.5) is 10.1 Å². The van der Waals surface area contributed by atoms with Crippen LogP contribution >= 0.6 is 11.3 Å². The van der Waals surface area contributed by atoms with Crippen molar-refractivity contribution >= 4 is 17.0 Å². The fourth-order valence-electron chi connectivity index (χ4n) is 3.41. The predicted octanol–water partition coefficient (Wildman–Crippen LogP) is 4.19. The third-order valence-corrected chi connectivity index (χ3v) is 6.18. The highest BCUT2D eigenvalue weighted by Crippen LogP contribution is 2.29. The number of thiophene rings is 1. The number of nitrogens with zero attached hydrogens (tertiary/aromatic N) is 2. The van der Waals surface area contributed by atoms with E-state index < -0.39 is 0 Å². The zero-order valence-corrected chi connectivity index (χ0v) is 16.2. The minimum atomic E-state index is -0.160. The van der Waals surface area contributed by atoms with E-state index >= 15 is 0 Å². The van der Waals surface area contributed by atoms with Gasteiger partial charge in [0.1, 0.15) is 5.82 Å². The maximum Gasteiger partial charge on any atom is 0.123 e. The number of aryl methyl sites for hydroxylation is 1. The summed E-state index contributed by atoms with van der Waals surface area (Å²) in [5.41, 5.74) is 3.54. The molecule has 5 heteroatoms. The van der Waals surface area contributed by atoms with E-state index in [1.165, 1.54) is 16.1 Å². The summed E-state index contributed by atoms with van der Waals surface area (Å²) in [6.45, 7) is 12.5. The highest BCUT2D eigenvalue weighted by Gasteiger charge is 2.21. The van der Waals surface area contributed by atoms with Crippen molar-refractivity contribution < 1.29 is 4.39 Å². The Balaban J connectivity index is 1.73. The monoisotopic (exact) mass is 361 g/mol. The molecule has 1 aromatic heterocycles. The Hall–Kier alpha value is -1.43. The molecule has 1 aromatic carbocycles.